The summed E-state index contributed by atoms with van der Waals surface area (Å²) < 4.78 is 0. The second-order valence-electron chi connectivity index (χ2n) is 6.88. The van der Waals surface area contributed by atoms with Gasteiger partial charge in [0.1, 0.15) is 6.04 Å². The minimum Gasteiger partial charge on any atom is -0.339 e. The molecule has 2 heterocycles. The van der Waals surface area contributed by atoms with Gasteiger partial charge in [-0.05, 0) is 24.8 Å². The van der Waals surface area contributed by atoms with Crippen molar-refractivity contribution in [3.05, 3.63) is 35.9 Å². The molecule has 0 bridgehead atoms. The Morgan fingerprint density at radius 3 is 2.62 bits per heavy atom. The van der Waals surface area contributed by atoms with Crippen molar-refractivity contribution < 1.29 is 9.59 Å². The summed E-state index contributed by atoms with van der Waals surface area (Å²) in [5.41, 5.74) is 7.50. The second-order valence-corrected chi connectivity index (χ2v) is 6.88. The molecule has 0 spiro atoms. The molecule has 2 N–H and O–H groups in total. The molecular weight excluding hydrogens is 302 g/mol. The smallest absolute Gasteiger partial charge is 0.245 e. The van der Waals surface area contributed by atoms with Crippen LogP contribution >= 0.6 is 0 Å². The Kier molecular flexibility index (Phi) is 5.19. The minimum atomic E-state index is -0.298. The van der Waals surface area contributed by atoms with E-state index in [-0.39, 0.29) is 29.8 Å². The number of nitrogens with zero attached hydrogens (tertiary/aromatic N) is 2. The Balaban J connectivity index is 1.72. The lowest BCUT2D eigenvalue weighted by Crippen LogP contribution is -2.52. The number of carbonyl (C=O) groups is 2. The van der Waals surface area contributed by atoms with Gasteiger partial charge in [0, 0.05) is 38.0 Å². The van der Waals surface area contributed by atoms with E-state index in [2.05, 4.69) is 12.1 Å². The van der Waals surface area contributed by atoms with Crippen LogP contribution in [0.15, 0.2) is 30.3 Å². The van der Waals surface area contributed by atoms with Crippen LogP contribution in [-0.4, -0.2) is 53.3 Å². The third kappa shape index (κ3) is 3.31. The summed E-state index contributed by atoms with van der Waals surface area (Å²) in [6, 6.07) is 9.81. The molecule has 130 valence electrons. The lowest BCUT2D eigenvalue weighted by Gasteiger charge is -2.36. The first-order valence-corrected chi connectivity index (χ1v) is 9.00. The van der Waals surface area contributed by atoms with Crippen LogP contribution in [0.2, 0.25) is 0 Å². The third-order valence-corrected chi connectivity index (χ3v) is 5.32. The number of rotatable bonds is 3. The van der Waals surface area contributed by atoms with Crippen molar-refractivity contribution in [2.75, 3.05) is 19.6 Å². The Hall–Kier alpha value is -1.88. The molecule has 5 nitrogen and oxygen atoms in total. The van der Waals surface area contributed by atoms with Crippen molar-refractivity contribution in [2.24, 2.45) is 5.73 Å². The van der Waals surface area contributed by atoms with Gasteiger partial charge in [-0.15, -0.1) is 0 Å². The number of likely N-dealkylation sites (tertiary alicyclic amines) is 2. The van der Waals surface area contributed by atoms with E-state index in [1.807, 2.05) is 30.0 Å². The highest BCUT2D eigenvalue weighted by Gasteiger charge is 2.39. The Bertz CT molecular complexity index is 590. The predicted octanol–water partition coefficient (Wildman–Crippen LogP) is 1.73. The van der Waals surface area contributed by atoms with Crippen molar-refractivity contribution >= 4 is 11.8 Å². The average Bonchev–Trinajstić information content (AvgIpc) is 3.03. The Labute approximate surface area is 143 Å². The van der Waals surface area contributed by atoms with Crippen LogP contribution in [0.4, 0.5) is 0 Å². The molecular formula is C19H27N3O2. The van der Waals surface area contributed by atoms with E-state index < -0.39 is 0 Å². The number of hydrogen-bond donors (Lipinski definition) is 1. The molecule has 2 saturated heterocycles. The standard InChI is InChI=1S/C19H27N3O2/c1-2-18(23)22-11-7-6-10-17(22)19(24)21-12-15(16(20)13-21)14-8-4-3-5-9-14/h3-5,8-9,15-17H,2,6-7,10-13,20H2,1H3/t15-,16+,17?/m0/s1. The van der Waals surface area contributed by atoms with Gasteiger partial charge in [0.2, 0.25) is 11.8 Å². The number of benzene rings is 1. The quantitative estimate of drug-likeness (QED) is 0.918. The maximum atomic E-state index is 13.0. The summed E-state index contributed by atoms with van der Waals surface area (Å²) in [6.07, 6.45) is 3.22. The van der Waals surface area contributed by atoms with Crippen LogP contribution in [0.3, 0.4) is 0 Å². The number of nitrogens with two attached hydrogens (primary N) is 1. The Morgan fingerprint density at radius 1 is 1.17 bits per heavy atom. The van der Waals surface area contributed by atoms with E-state index in [1.165, 1.54) is 5.56 Å². The highest BCUT2D eigenvalue weighted by molar-refractivity contribution is 5.88. The summed E-state index contributed by atoms with van der Waals surface area (Å²) >= 11 is 0. The van der Waals surface area contributed by atoms with Crippen LogP contribution in [0, 0.1) is 0 Å². The van der Waals surface area contributed by atoms with E-state index in [0.717, 1.165) is 19.3 Å². The lowest BCUT2D eigenvalue weighted by atomic mass is 9.95. The first kappa shape index (κ1) is 17.0. The number of amides is 2. The maximum absolute atomic E-state index is 13.0. The zero-order valence-electron chi connectivity index (χ0n) is 14.4. The maximum Gasteiger partial charge on any atom is 0.245 e. The molecule has 3 atom stereocenters. The molecule has 2 aliphatic heterocycles. The molecule has 0 aliphatic carbocycles. The first-order valence-electron chi connectivity index (χ1n) is 9.00. The fourth-order valence-corrected chi connectivity index (χ4v) is 3.96. The fourth-order valence-electron chi connectivity index (χ4n) is 3.96. The Morgan fingerprint density at radius 2 is 1.92 bits per heavy atom. The molecule has 0 aromatic heterocycles. The minimum absolute atomic E-state index is 0.0460. The highest BCUT2D eigenvalue weighted by Crippen LogP contribution is 2.29. The summed E-state index contributed by atoms with van der Waals surface area (Å²) in [7, 11) is 0. The molecule has 2 amide bonds. The van der Waals surface area contributed by atoms with Crippen molar-refractivity contribution in [3.8, 4) is 0 Å². The van der Waals surface area contributed by atoms with E-state index in [9.17, 15) is 9.59 Å². The number of piperidine rings is 1. The summed E-state index contributed by atoms with van der Waals surface area (Å²) in [6.45, 7) is 3.78. The second kappa shape index (κ2) is 7.34. The van der Waals surface area contributed by atoms with Crippen molar-refractivity contribution in [2.45, 2.75) is 50.6 Å². The van der Waals surface area contributed by atoms with Crippen molar-refractivity contribution in [1.29, 1.82) is 0 Å². The zero-order valence-corrected chi connectivity index (χ0v) is 14.4. The third-order valence-electron chi connectivity index (χ3n) is 5.32. The summed E-state index contributed by atoms with van der Waals surface area (Å²) in [5.74, 6) is 0.329. The van der Waals surface area contributed by atoms with Gasteiger partial charge < -0.3 is 15.5 Å². The van der Waals surface area contributed by atoms with E-state index in [1.54, 1.807) is 4.90 Å². The van der Waals surface area contributed by atoms with Crippen molar-refractivity contribution in [3.63, 3.8) is 0 Å². The highest BCUT2D eigenvalue weighted by atomic mass is 16.2. The molecule has 2 aliphatic rings. The molecule has 24 heavy (non-hydrogen) atoms. The fraction of sp³-hybridized carbons (Fsp3) is 0.579. The SMILES string of the molecule is CCC(=O)N1CCCCC1C(=O)N1C[C@@H](N)[C@H](c2ccccc2)C1. The van der Waals surface area contributed by atoms with Gasteiger partial charge >= 0.3 is 0 Å². The van der Waals surface area contributed by atoms with Gasteiger partial charge in [-0.1, -0.05) is 37.3 Å². The van der Waals surface area contributed by atoms with Crippen molar-refractivity contribution in [1.82, 2.24) is 9.80 Å². The molecule has 5 heteroatoms. The van der Waals surface area contributed by atoms with Crippen LogP contribution in [-0.2, 0) is 9.59 Å². The van der Waals surface area contributed by atoms with Gasteiger partial charge in [-0.25, -0.2) is 0 Å². The normalized spacial score (nSPS) is 27.3. The van der Waals surface area contributed by atoms with Gasteiger partial charge in [-0.3, -0.25) is 9.59 Å². The van der Waals surface area contributed by atoms with Crippen LogP contribution < -0.4 is 5.73 Å². The molecule has 1 unspecified atom stereocenters. The van der Waals surface area contributed by atoms with Crippen LogP contribution in [0.5, 0.6) is 0 Å². The van der Waals surface area contributed by atoms with Crippen LogP contribution in [0.1, 0.15) is 44.1 Å². The van der Waals surface area contributed by atoms with E-state index >= 15 is 0 Å². The molecule has 0 radical (unpaired) electrons. The molecule has 0 saturated carbocycles. The molecule has 2 fully saturated rings. The van der Waals surface area contributed by atoms with Gasteiger partial charge in [0.25, 0.3) is 0 Å². The van der Waals surface area contributed by atoms with E-state index in [0.29, 0.717) is 26.1 Å². The zero-order chi connectivity index (χ0) is 17.1. The average molecular weight is 329 g/mol. The molecule has 3 rings (SSSR count). The lowest BCUT2D eigenvalue weighted by molar-refractivity contribution is -0.147. The van der Waals surface area contributed by atoms with Gasteiger partial charge in [0.05, 0.1) is 0 Å². The molecule has 1 aromatic rings. The van der Waals surface area contributed by atoms with Gasteiger partial charge in [0.15, 0.2) is 0 Å². The molecule has 1 aromatic carbocycles. The number of hydrogen-bond acceptors (Lipinski definition) is 3. The summed E-state index contributed by atoms with van der Waals surface area (Å²) in [4.78, 5) is 28.9. The predicted molar refractivity (Wildman–Crippen MR) is 93.4 cm³/mol. The van der Waals surface area contributed by atoms with E-state index in [4.69, 9.17) is 5.73 Å². The topological polar surface area (TPSA) is 66.6 Å². The van der Waals surface area contributed by atoms with Crippen LogP contribution in [0.25, 0.3) is 0 Å². The largest absolute Gasteiger partial charge is 0.339 e. The van der Waals surface area contributed by atoms with Gasteiger partial charge in [-0.2, -0.15) is 0 Å². The monoisotopic (exact) mass is 329 g/mol. The first-order chi connectivity index (χ1) is 11.6. The number of carbonyl (C=O) groups excluding carboxylic acids is 2. The summed E-state index contributed by atoms with van der Waals surface area (Å²) in [5, 5.41) is 0.